The van der Waals surface area contributed by atoms with Crippen molar-refractivity contribution in [2.45, 2.75) is 0 Å². The molecule has 0 N–H and O–H groups in total. The molecule has 0 bridgehead atoms. The van der Waals surface area contributed by atoms with Gasteiger partial charge in [0.2, 0.25) is 0 Å². The van der Waals surface area contributed by atoms with Crippen molar-refractivity contribution in [1.82, 2.24) is 0 Å². The van der Waals surface area contributed by atoms with Crippen molar-refractivity contribution in [3.05, 3.63) is 0 Å². The minimum atomic E-state index is -5.62. The molecule has 0 aromatic heterocycles. The van der Waals surface area contributed by atoms with Crippen molar-refractivity contribution in [3.8, 4) is 0 Å². The molecule has 0 amide bonds. The van der Waals surface area contributed by atoms with Crippen LogP contribution in [0.4, 0.5) is 0 Å². The molecule has 0 heterocycles. The van der Waals surface area contributed by atoms with Gasteiger partial charge in [0, 0.05) is 0 Å². The predicted molar refractivity (Wildman–Crippen MR) is 3.17 cm³/mol. The zero-order valence-electron chi connectivity index (χ0n) is 5.01. The fourth-order valence-electron chi connectivity index (χ4n) is 0. The second kappa shape index (κ2) is 6.24. The second-order valence-electron chi connectivity index (χ2n) is 0.378. The first-order chi connectivity index (χ1) is 2.00. The van der Waals surface area contributed by atoms with Crippen LogP contribution in [-0.2, 0) is 24.5 Å². The van der Waals surface area contributed by atoms with Gasteiger partial charge in [-0.05, 0) is 0 Å². The standard InChI is InChI=1S/K.Li.Mn.4O.H/q2*+1;;;;;2*-1. The zero-order chi connectivity index (χ0) is 4.50. The van der Waals surface area contributed by atoms with Crippen LogP contribution in [0.15, 0.2) is 0 Å². The van der Waals surface area contributed by atoms with Gasteiger partial charge in [0.25, 0.3) is 0 Å². The summed E-state index contributed by atoms with van der Waals surface area (Å²) < 4.78 is 34.3. The summed E-state index contributed by atoms with van der Waals surface area (Å²) in [6.07, 6.45) is 0. The molecule has 0 aliphatic heterocycles. The molecular formula is HKLiMnO4. The summed E-state index contributed by atoms with van der Waals surface area (Å²) in [7, 11) is 0. The molecule has 7 heavy (non-hydrogen) atoms. The minimum absolute atomic E-state index is 0. The van der Waals surface area contributed by atoms with Gasteiger partial charge < -0.3 is 1.43 Å². The Hall–Kier alpha value is 2.11. The van der Waals surface area contributed by atoms with E-state index in [2.05, 4.69) is 0 Å². The zero-order valence-corrected chi connectivity index (χ0v) is 8.31. The first-order valence-electron chi connectivity index (χ1n) is 0.617. The van der Waals surface area contributed by atoms with Gasteiger partial charge in [0.1, 0.15) is 0 Å². The average molecular weight is 166 g/mol. The normalized spacial score (nSPS) is 8.14. The summed E-state index contributed by atoms with van der Waals surface area (Å²) in [5.74, 6) is 0. The van der Waals surface area contributed by atoms with Crippen molar-refractivity contribution in [2.24, 2.45) is 0 Å². The summed E-state index contributed by atoms with van der Waals surface area (Å²) in [4.78, 5) is 0. The molecule has 0 atom stereocenters. The molecule has 0 spiro atoms. The van der Waals surface area contributed by atoms with Crippen molar-refractivity contribution in [1.29, 1.82) is 0 Å². The molecule has 0 aliphatic rings. The fraction of sp³-hybridized carbons (Fsp3) is 0. The summed E-state index contributed by atoms with van der Waals surface area (Å²) in [5.41, 5.74) is 0. The van der Waals surface area contributed by atoms with Crippen LogP contribution < -0.4 is 74.4 Å². The summed E-state index contributed by atoms with van der Waals surface area (Å²) in [5, 5.41) is 0. The van der Waals surface area contributed by atoms with Crippen molar-refractivity contribution in [3.63, 3.8) is 0 Å². The molecule has 0 unspecified atom stereocenters. The Morgan fingerprint density at radius 1 is 1.29 bits per heavy atom. The van der Waals surface area contributed by atoms with Gasteiger partial charge >= 0.3 is 98.9 Å². The van der Waals surface area contributed by atoms with Crippen molar-refractivity contribution in [2.75, 3.05) is 0 Å². The van der Waals surface area contributed by atoms with Gasteiger partial charge in [-0.15, -0.1) is 0 Å². The first-order valence-corrected chi connectivity index (χ1v) is 2.54. The van der Waals surface area contributed by atoms with E-state index in [0.717, 1.165) is 0 Å². The van der Waals surface area contributed by atoms with E-state index in [0.29, 0.717) is 0 Å². The third-order valence-electron chi connectivity index (χ3n) is 0. The SMILES string of the molecule is [H-].[K+].[Li+].[O]=[Mn](=[O])(=[O])[O-]. The van der Waals surface area contributed by atoms with E-state index in [1.165, 1.54) is 0 Å². The van der Waals surface area contributed by atoms with E-state index in [9.17, 15) is 0 Å². The Morgan fingerprint density at radius 2 is 1.29 bits per heavy atom. The summed E-state index contributed by atoms with van der Waals surface area (Å²) >= 11 is -5.62. The molecular weight excluding hydrogens is 165 g/mol. The summed E-state index contributed by atoms with van der Waals surface area (Å²) in [6.45, 7) is 0. The van der Waals surface area contributed by atoms with Gasteiger partial charge in [-0.3, -0.25) is 0 Å². The molecule has 7 heteroatoms. The van der Waals surface area contributed by atoms with Gasteiger partial charge in [-0.1, -0.05) is 0 Å². The average Bonchev–Trinajstić information content (AvgIpc) is 0.722. The van der Waals surface area contributed by atoms with Crippen LogP contribution in [0.25, 0.3) is 0 Å². The molecule has 0 rings (SSSR count). The molecule has 0 aromatic carbocycles. The molecule has 34 valence electrons. The number of rotatable bonds is 0. The Balaban J connectivity index is -0.0000000267. The van der Waals surface area contributed by atoms with Crippen LogP contribution in [0.2, 0.25) is 0 Å². The van der Waals surface area contributed by atoms with Gasteiger partial charge in [-0.2, -0.15) is 0 Å². The summed E-state index contributed by atoms with van der Waals surface area (Å²) in [6, 6.07) is 0. The maximum absolute atomic E-state index is 8.58. The Kier molecular flexibility index (Phi) is 14.3. The Bertz CT molecular complexity index is 137. The van der Waals surface area contributed by atoms with E-state index < -0.39 is 13.0 Å². The van der Waals surface area contributed by atoms with Gasteiger partial charge in [0.15, 0.2) is 0 Å². The molecule has 0 radical (unpaired) electrons. The number of hydrogen-bond donors (Lipinski definition) is 0. The third kappa shape index (κ3) is 67.9. The quantitative estimate of drug-likeness (QED) is 0.335. The van der Waals surface area contributed by atoms with Crippen molar-refractivity contribution >= 4 is 0 Å². The van der Waals surface area contributed by atoms with Gasteiger partial charge in [0.05, 0.1) is 0 Å². The molecule has 0 saturated heterocycles. The molecule has 0 saturated carbocycles. The van der Waals surface area contributed by atoms with Gasteiger partial charge in [-0.25, -0.2) is 0 Å². The molecule has 0 aromatic rings. The van der Waals surface area contributed by atoms with Crippen LogP contribution >= 0.6 is 0 Å². The first kappa shape index (κ1) is 16.1. The van der Waals surface area contributed by atoms with E-state index in [1.807, 2.05) is 0 Å². The molecule has 0 fully saturated rings. The second-order valence-corrected chi connectivity index (χ2v) is 1.56. The maximum atomic E-state index is 8.58. The number of hydrogen-bond acceptors (Lipinski definition) is 4. The predicted octanol–water partition coefficient (Wildman–Crippen LogP) is -7.43. The van der Waals surface area contributed by atoms with Crippen LogP contribution in [0.1, 0.15) is 1.43 Å². The van der Waals surface area contributed by atoms with E-state index in [-0.39, 0.29) is 71.7 Å². The van der Waals surface area contributed by atoms with Crippen molar-refractivity contribution < 1.29 is 100 Å². The molecule has 0 aliphatic carbocycles. The van der Waals surface area contributed by atoms with E-state index in [4.69, 9.17) is 15.7 Å². The van der Waals surface area contributed by atoms with Crippen LogP contribution in [0, 0.1) is 0 Å². The fourth-order valence-corrected chi connectivity index (χ4v) is 0. The van der Waals surface area contributed by atoms with Crippen LogP contribution in [0.3, 0.4) is 0 Å². The third-order valence-corrected chi connectivity index (χ3v) is 0. The molecule has 4 nitrogen and oxygen atoms in total. The van der Waals surface area contributed by atoms with Crippen LogP contribution in [-0.4, -0.2) is 0 Å². The van der Waals surface area contributed by atoms with Crippen LogP contribution in [0.5, 0.6) is 0 Å². The topological polar surface area (TPSA) is 74.3 Å². The van der Waals surface area contributed by atoms with E-state index >= 15 is 0 Å². The Morgan fingerprint density at radius 3 is 1.29 bits per heavy atom. The Labute approximate surface area is 98.3 Å². The van der Waals surface area contributed by atoms with E-state index in [1.54, 1.807) is 0 Å². The monoisotopic (exact) mass is 166 g/mol.